The Hall–Kier alpha value is -1.38. The van der Waals surface area contributed by atoms with Crippen LogP contribution in [0.15, 0.2) is 41.8 Å². The maximum Gasteiger partial charge on any atom is 0.0832 e. The Labute approximate surface area is 109 Å². The largest absolute Gasteiger partial charge is 0.247 e. The quantitative estimate of drug-likeness (QED) is 0.604. The lowest BCUT2D eigenvalue weighted by Crippen LogP contribution is -1.89. The fraction of sp³-hybridized carbons (Fsp3) is 0.0714. The molecule has 1 aromatic carbocycles. The van der Waals surface area contributed by atoms with Crippen LogP contribution in [0.4, 0.5) is 0 Å². The van der Waals surface area contributed by atoms with Crippen LogP contribution in [0.25, 0.3) is 21.5 Å². The van der Waals surface area contributed by atoms with Crippen molar-refractivity contribution in [2.75, 3.05) is 0 Å². The number of pyridine rings is 1. The molecular weight excluding hydrogens is 250 g/mol. The third-order valence-electron chi connectivity index (χ3n) is 2.81. The topological polar surface area (TPSA) is 12.9 Å². The highest BCUT2D eigenvalue weighted by molar-refractivity contribution is 7.17. The van der Waals surface area contributed by atoms with Gasteiger partial charge in [0.1, 0.15) is 0 Å². The Balaban J connectivity index is 2.34. The van der Waals surface area contributed by atoms with Crippen LogP contribution in [0, 0.1) is 6.92 Å². The summed E-state index contributed by atoms with van der Waals surface area (Å²) in [7, 11) is 0. The van der Waals surface area contributed by atoms with Crippen molar-refractivity contribution in [3.05, 3.63) is 52.4 Å². The number of hydrogen-bond donors (Lipinski definition) is 0. The van der Waals surface area contributed by atoms with Crippen molar-refractivity contribution in [2.24, 2.45) is 0 Å². The van der Waals surface area contributed by atoms with Crippen molar-refractivity contribution < 1.29 is 0 Å². The van der Waals surface area contributed by atoms with Gasteiger partial charge in [0.15, 0.2) is 0 Å². The molecule has 0 N–H and O–H groups in total. The minimum absolute atomic E-state index is 0.823. The second-order valence-electron chi connectivity index (χ2n) is 3.90. The minimum atomic E-state index is 0.823. The van der Waals surface area contributed by atoms with E-state index >= 15 is 0 Å². The number of fused-ring (bicyclic) bond motifs is 1. The number of aromatic nitrogens is 1. The van der Waals surface area contributed by atoms with E-state index in [1.54, 1.807) is 11.3 Å². The molecule has 0 bridgehead atoms. The van der Waals surface area contributed by atoms with Crippen LogP contribution in [0.2, 0.25) is 5.02 Å². The first-order valence-corrected chi connectivity index (χ1v) is 6.62. The van der Waals surface area contributed by atoms with Crippen LogP contribution in [0.1, 0.15) is 5.56 Å². The van der Waals surface area contributed by atoms with Crippen LogP contribution in [0.5, 0.6) is 0 Å². The van der Waals surface area contributed by atoms with Gasteiger partial charge in [-0.3, -0.25) is 0 Å². The Kier molecular flexibility index (Phi) is 2.61. The molecule has 1 nitrogen and oxygen atoms in total. The average Bonchev–Trinajstić information content (AvgIpc) is 2.83. The van der Waals surface area contributed by atoms with Crippen molar-refractivity contribution in [1.29, 1.82) is 0 Å². The average molecular weight is 260 g/mol. The summed E-state index contributed by atoms with van der Waals surface area (Å²) in [5, 5.41) is 2.85. The zero-order valence-corrected chi connectivity index (χ0v) is 10.8. The van der Waals surface area contributed by atoms with Gasteiger partial charge in [-0.1, -0.05) is 41.9 Å². The van der Waals surface area contributed by atoms with Gasteiger partial charge in [0, 0.05) is 5.56 Å². The molecule has 84 valence electrons. The molecule has 0 unspecified atom stereocenters. The SMILES string of the molecule is Cc1c(-c2ccccc2)nc2ccsc2c1Cl. The third-order valence-corrected chi connectivity index (χ3v) is 4.31. The molecule has 0 aliphatic carbocycles. The molecule has 0 saturated carbocycles. The van der Waals surface area contributed by atoms with Crippen LogP contribution >= 0.6 is 22.9 Å². The predicted molar refractivity (Wildman–Crippen MR) is 74.8 cm³/mol. The number of thiophene rings is 1. The van der Waals surface area contributed by atoms with E-state index in [0.29, 0.717) is 0 Å². The molecular formula is C14H10ClNS. The Morgan fingerprint density at radius 3 is 2.65 bits per heavy atom. The van der Waals surface area contributed by atoms with E-state index in [4.69, 9.17) is 16.6 Å². The fourth-order valence-corrected chi connectivity index (χ4v) is 3.05. The Bertz CT molecular complexity index is 673. The molecule has 2 aromatic heterocycles. The van der Waals surface area contributed by atoms with E-state index in [0.717, 1.165) is 32.1 Å². The summed E-state index contributed by atoms with van der Waals surface area (Å²) < 4.78 is 1.07. The van der Waals surface area contributed by atoms with Gasteiger partial charge < -0.3 is 0 Å². The molecule has 0 fully saturated rings. The van der Waals surface area contributed by atoms with Gasteiger partial charge >= 0.3 is 0 Å². The van der Waals surface area contributed by atoms with Crippen molar-refractivity contribution in [2.45, 2.75) is 6.92 Å². The second-order valence-corrected chi connectivity index (χ2v) is 5.19. The van der Waals surface area contributed by atoms with Crippen LogP contribution in [-0.2, 0) is 0 Å². The molecule has 2 heterocycles. The number of benzene rings is 1. The number of hydrogen-bond acceptors (Lipinski definition) is 2. The normalized spacial score (nSPS) is 10.9. The van der Waals surface area contributed by atoms with E-state index in [2.05, 4.69) is 12.1 Å². The summed E-state index contributed by atoms with van der Waals surface area (Å²) >= 11 is 8.03. The predicted octanol–water partition coefficient (Wildman–Crippen LogP) is 4.93. The van der Waals surface area contributed by atoms with Gasteiger partial charge in [-0.25, -0.2) is 4.98 Å². The molecule has 0 saturated heterocycles. The lowest BCUT2D eigenvalue weighted by molar-refractivity contribution is 1.34. The van der Waals surface area contributed by atoms with Crippen LogP contribution < -0.4 is 0 Å². The van der Waals surface area contributed by atoms with Crippen molar-refractivity contribution in [1.82, 2.24) is 4.98 Å². The van der Waals surface area contributed by atoms with Crippen molar-refractivity contribution in [3.63, 3.8) is 0 Å². The first-order chi connectivity index (χ1) is 8.27. The monoisotopic (exact) mass is 259 g/mol. The summed E-state index contributed by atoms with van der Waals surface area (Å²) in [5.41, 5.74) is 4.11. The number of halogens is 1. The van der Waals surface area contributed by atoms with E-state index in [9.17, 15) is 0 Å². The van der Waals surface area contributed by atoms with Gasteiger partial charge in [-0.2, -0.15) is 0 Å². The summed E-state index contributed by atoms with van der Waals surface area (Å²) in [6.07, 6.45) is 0. The molecule has 3 aromatic rings. The van der Waals surface area contributed by atoms with E-state index in [1.807, 2.05) is 36.6 Å². The summed E-state index contributed by atoms with van der Waals surface area (Å²) in [6, 6.07) is 12.2. The molecule has 0 aliphatic heterocycles. The second kappa shape index (κ2) is 4.13. The Morgan fingerprint density at radius 1 is 1.12 bits per heavy atom. The van der Waals surface area contributed by atoms with E-state index in [-0.39, 0.29) is 0 Å². The molecule has 3 rings (SSSR count). The van der Waals surface area contributed by atoms with E-state index < -0.39 is 0 Å². The molecule has 0 spiro atoms. The maximum absolute atomic E-state index is 6.39. The van der Waals surface area contributed by atoms with Crippen LogP contribution in [-0.4, -0.2) is 4.98 Å². The van der Waals surface area contributed by atoms with E-state index in [1.165, 1.54) is 0 Å². The first-order valence-electron chi connectivity index (χ1n) is 5.36. The van der Waals surface area contributed by atoms with Gasteiger partial charge in [0.25, 0.3) is 0 Å². The van der Waals surface area contributed by atoms with Gasteiger partial charge in [-0.15, -0.1) is 11.3 Å². The summed E-state index contributed by atoms with van der Waals surface area (Å²) in [5.74, 6) is 0. The standard InChI is InChI=1S/C14H10ClNS/c1-9-12(15)14-11(7-8-17-14)16-13(9)10-5-3-2-4-6-10/h2-8H,1H3. The molecule has 0 radical (unpaired) electrons. The highest BCUT2D eigenvalue weighted by Gasteiger charge is 2.12. The smallest absolute Gasteiger partial charge is 0.0832 e. The lowest BCUT2D eigenvalue weighted by atomic mass is 10.1. The zero-order chi connectivity index (χ0) is 11.8. The zero-order valence-electron chi connectivity index (χ0n) is 9.27. The molecule has 17 heavy (non-hydrogen) atoms. The van der Waals surface area contributed by atoms with Gasteiger partial charge in [0.05, 0.1) is 20.9 Å². The number of rotatable bonds is 1. The maximum atomic E-state index is 6.39. The highest BCUT2D eigenvalue weighted by Crippen LogP contribution is 2.35. The van der Waals surface area contributed by atoms with Gasteiger partial charge in [-0.05, 0) is 23.9 Å². The first kappa shape index (κ1) is 10.8. The molecule has 0 amide bonds. The Morgan fingerprint density at radius 2 is 1.88 bits per heavy atom. The van der Waals surface area contributed by atoms with Crippen molar-refractivity contribution in [3.8, 4) is 11.3 Å². The molecule has 3 heteroatoms. The van der Waals surface area contributed by atoms with Gasteiger partial charge in [0.2, 0.25) is 0 Å². The lowest BCUT2D eigenvalue weighted by Gasteiger charge is -2.07. The fourth-order valence-electron chi connectivity index (χ4n) is 1.91. The highest BCUT2D eigenvalue weighted by atomic mass is 35.5. The van der Waals surface area contributed by atoms with Crippen LogP contribution in [0.3, 0.4) is 0 Å². The number of nitrogens with zero attached hydrogens (tertiary/aromatic N) is 1. The molecule has 0 aliphatic rings. The minimum Gasteiger partial charge on any atom is -0.247 e. The molecule has 0 atom stereocenters. The summed E-state index contributed by atoms with van der Waals surface area (Å²) in [6.45, 7) is 2.02. The van der Waals surface area contributed by atoms with Crippen molar-refractivity contribution >= 4 is 33.2 Å². The summed E-state index contributed by atoms with van der Waals surface area (Å²) in [4.78, 5) is 4.69. The third kappa shape index (κ3) is 1.74.